The Hall–Kier alpha value is -2.85. The van der Waals surface area contributed by atoms with Gasteiger partial charge in [-0.1, -0.05) is 13.8 Å². The maximum Gasteiger partial charge on any atom is 0.306 e. The first-order chi connectivity index (χ1) is 14.1. The number of benzene rings is 2. The van der Waals surface area contributed by atoms with Gasteiger partial charge in [0.25, 0.3) is 5.91 Å². The lowest BCUT2D eigenvalue weighted by molar-refractivity contribution is -0.387. The topological polar surface area (TPSA) is 110 Å². The molecular formula is C20H22FN3O5S. The molecule has 1 amide bonds. The number of carbonyl (C=O) groups excluding carboxylic acids is 1. The molecule has 1 saturated heterocycles. The smallest absolute Gasteiger partial charge is 0.306 e. The molecule has 30 heavy (non-hydrogen) atoms. The molecule has 0 aliphatic carbocycles. The number of rotatable bonds is 5. The van der Waals surface area contributed by atoms with Gasteiger partial charge in [0.05, 0.1) is 9.82 Å². The lowest BCUT2D eigenvalue weighted by Gasteiger charge is -2.34. The van der Waals surface area contributed by atoms with Crippen molar-refractivity contribution in [2.24, 2.45) is 11.8 Å². The molecule has 2 aromatic rings. The molecule has 0 spiro atoms. The summed E-state index contributed by atoms with van der Waals surface area (Å²) in [5, 5.41) is 13.3. The molecule has 160 valence electrons. The monoisotopic (exact) mass is 435 g/mol. The molecule has 2 atom stereocenters. The normalized spacial score (nSPS) is 20.0. The minimum absolute atomic E-state index is 0.0566. The second-order valence-electron chi connectivity index (χ2n) is 7.67. The molecule has 0 unspecified atom stereocenters. The van der Waals surface area contributed by atoms with Crippen molar-refractivity contribution in [3.8, 4) is 0 Å². The van der Waals surface area contributed by atoms with Gasteiger partial charge in [0, 0.05) is 30.4 Å². The van der Waals surface area contributed by atoms with Crippen LogP contribution < -0.4 is 5.32 Å². The van der Waals surface area contributed by atoms with Crippen molar-refractivity contribution in [1.29, 1.82) is 0 Å². The number of nitrogens with one attached hydrogen (secondary N) is 1. The highest BCUT2D eigenvalue weighted by molar-refractivity contribution is 7.89. The fourth-order valence-electron chi connectivity index (χ4n) is 3.66. The minimum atomic E-state index is -3.66. The summed E-state index contributed by atoms with van der Waals surface area (Å²) in [5.41, 5.74) is -0.526. The van der Waals surface area contributed by atoms with Crippen molar-refractivity contribution in [3.05, 3.63) is 64.0 Å². The Morgan fingerprint density at radius 3 is 2.30 bits per heavy atom. The van der Waals surface area contributed by atoms with E-state index in [0.717, 1.165) is 18.6 Å². The summed E-state index contributed by atoms with van der Waals surface area (Å²) in [7, 11) is -3.66. The lowest BCUT2D eigenvalue weighted by atomic mass is 9.94. The summed E-state index contributed by atoms with van der Waals surface area (Å²) < 4.78 is 40.7. The molecule has 1 N–H and O–H groups in total. The van der Waals surface area contributed by atoms with E-state index in [2.05, 4.69) is 5.32 Å². The maximum absolute atomic E-state index is 13.4. The molecule has 1 fully saturated rings. The molecule has 3 rings (SSSR count). The van der Waals surface area contributed by atoms with Crippen LogP contribution in [0.15, 0.2) is 47.4 Å². The molecule has 1 aliphatic heterocycles. The van der Waals surface area contributed by atoms with Crippen LogP contribution in [-0.4, -0.2) is 36.6 Å². The second-order valence-corrected chi connectivity index (χ2v) is 9.61. The predicted octanol–water partition coefficient (Wildman–Crippen LogP) is 3.65. The first-order valence-corrected chi connectivity index (χ1v) is 10.9. The van der Waals surface area contributed by atoms with Crippen molar-refractivity contribution < 1.29 is 22.5 Å². The summed E-state index contributed by atoms with van der Waals surface area (Å²) in [6, 6.07) is 8.49. The average molecular weight is 435 g/mol. The zero-order valence-electron chi connectivity index (χ0n) is 16.5. The summed E-state index contributed by atoms with van der Waals surface area (Å²) >= 11 is 0. The Morgan fingerprint density at radius 2 is 1.73 bits per heavy atom. The lowest BCUT2D eigenvalue weighted by Crippen LogP contribution is -2.42. The number of nitro benzene ring substituents is 1. The van der Waals surface area contributed by atoms with Gasteiger partial charge in [-0.15, -0.1) is 0 Å². The summed E-state index contributed by atoms with van der Waals surface area (Å²) in [5.74, 6) is -1.06. The third-order valence-electron chi connectivity index (χ3n) is 4.99. The summed E-state index contributed by atoms with van der Waals surface area (Å²) in [4.78, 5) is 22.4. The third-order valence-corrected chi connectivity index (χ3v) is 6.84. The first-order valence-electron chi connectivity index (χ1n) is 9.43. The van der Waals surface area contributed by atoms with E-state index in [4.69, 9.17) is 0 Å². The van der Waals surface area contributed by atoms with E-state index in [0.29, 0.717) is 13.1 Å². The standard InChI is InChI=1S/C20H22FN3O5S/c1-13-9-14(2)12-23(11-13)30(28,29)17-6-3-15(4-7-17)20(25)22-16-5-8-18(21)19(10-16)24(26)27/h3-8,10,13-14H,9,11-12H2,1-2H3,(H,22,25)/t13-,14-/m0/s1. The zero-order chi connectivity index (χ0) is 22.1. The first kappa shape index (κ1) is 21.8. The van der Waals surface area contributed by atoms with Crippen LogP contribution in [0.5, 0.6) is 0 Å². The van der Waals surface area contributed by atoms with E-state index in [1.807, 2.05) is 13.8 Å². The SMILES string of the molecule is C[C@H]1C[C@H](C)CN(S(=O)(=O)c2ccc(C(=O)Nc3ccc(F)c([N+](=O)[O-])c3)cc2)C1. The van der Waals surface area contributed by atoms with Crippen LogP contribution in [0.1, 0.15) is 30.6 Å². The van der Waals surface area contributed by atoms with Crippen LogP contribution in [0.25, 0.3) is 0 Å². The number of hydrogen-bond acceptors (Lipinski definition) is 5. The van der Waals surface area contributed by atoms with E-state index < -0.39 is 32.4 Å². The van der Waals surface area contributed by atoms with Gasteiger partial charge in [-0.3, -0.25) is 14.9 Å². The van der Waals surface area contributed by atoms with Crippen molar-refractivity contribution in [2.45, 2.75) is 25.2 Å². The largest absolute Gasteiger partial charge is 0.322 e. The van der Waals surface area contributed by atoms with E-state index in [9.17, 15) is 27.7 Å². The number of hydrogen-bond donors (Lipinski definition) is 1. The fourth-order valence-corrected chi connectivity index (χ4v) is 5.34. The fraction of sp³-hybridized carbons (Fsp3) is 0.350. The molecule has 8 nitrogen and oxygen atoms in total. The van der Waals surface area contributed by atoms with Crippen LogP contribution in [0.4, 0.5) is 15.8 Å². The molecule has 0 bridgehead atoms. The number of anilines is 1. The van der Waals surface area contributed by atoms with Crippen LogP contribution in [0.3, 0.4) is 0 Å². The van der Waals surface area contributed by atoms with Crippen LogP contribution in [0.2, 0.25) is 0 Å². The molecule has 1 aliphatic rings. The van der Waals surface area contributed by atoms with Crippen LogP contribution in [0, 0.1) is 27.8 Å². The van der Waals surface area contributed by atoms with Crippen molar-refractivity contribution in [2.75, 3.05) is 18.4 Å². The average Bonchev–Trinajstić information content (AvgIpc) is 2.68. The Labute approximate surface area is 173 Å². The van der Waals surface area contributed by atoms with Gasteiger partial charge in [0.15, 0.2) is 0 Å². The number of carbonyl (C=O) groups is 1. The van der Waals surface area contributed by atoms with Crippen LogP contribution in [-0.2, 0) is 10.0 Å². The number of amides is 1. The molecular weight excluding hydrogens is 413 g/mol. The molecule has 0 saturated carbocycles. The Bertz CT molecular complexity index is 1060. The van der Waals surface area contributed by atoms with E-state index in [1.165, 1.54) is 34.6 Å². The van der Waals surface area contributed by atoms with Gasteiger partial charge < -0.3 is 5.32 Å². The van der Waals surface area contributed by atoms with E-state index in [1.54, 1.807) is 0 Å². The highest BCUT2D eigenvalue weighted by atomic mass is 32.2. The zero-order valence-corrected chi connectivity index (χ0v) is 17.4. The Morgan fingerprint density at radius 1 is 1.13 bits per heavy atom. The second kappa shape index (κ2) is 8.49. The van der Waals surface area contributed by atoms with E-state index >= 15 is 0 Å². The van der Waals surface area contributed by atoms with Gasteiger partial charge in [0.2, 0.25) is 15.8 Å². The van der Waals surface area contributed by atoms with Gasteiger partial charge in [-0.05, 0) is 54.7 Å². The molecule has 10 heteroatoms. The minimum Gasteiger partial charge on any atom is -0.322 e. The molecule has 0 radical (unpaired) electrons. The maximum atomic E-state index is 13.4. The number of nitrogens with zero attached hydrogens (tertiary/aromatic N) is 2. The predicted molar refractivity (Wildman–Crippen MR) is 109 cm³/mol. The summed E-state index contributed by atoms with van der Waals surface area (Å²) in [6.07, 6.45) is 0.979. The van der Waals surface area contributed by atoms with Crippen molar-refractivity contribution in [3.63, 3.8) is 0 Å². The summed E-state index contributed by atoms with van der Waals surface area (Å²) in [6.45, 7) is 4.95. The van der Waals surface area contributed by atoms with Gasteiger partial charge in [-0.2, -0.15) is 8.70 Å². The molecule has 2 aromatic carbocycles. The molecule has 0 aromatic heterocycles. The number of piperidine rings is 1. The number of nitro groups is 1. The van der Waals surface area contributed by atoms with Gasteiger partial charge in [0.1, 0.15) is 0 Å². The number of halogens is 1. The van der Waals surface area contributed by atoms with E-state index in [-0.39, 0.29) is 28.0 Å². The third kappa shape index (κ3) is 4.65. The van der Waals surface area contributed by atoms with Crippen molar-refractivity contribution in [1.82, 2.24) is 4.31 Å². The van der Waals surface area contributed by atoms with Gasteiger partial charge >= 0.3 is 5.69 Å². The van der Waals surface area contributed by atoms with Gasteiger partial charge in [-0.25, -0.2) is 8.42 Å². The quantitative estimate of drug-likeness (QED) is 0.569. The Kier molecular flexibility index (Phi) is 6.18. The highest BCUT2D eigenvalue weighted by Crippen LogP contribution is 2.27. The molecule has 1 heterocycles. The number of sulfonamides is 1. The van der Waals surface area contributed by atoms with Crippen molar-refractivity contribution >= 4 is 27.3 Å². The van der Waals surface area contributed by atoms with Crippen LogP contribution >= 0.6 is 0 Å². The highest BCUT2D eigenvalue weighted by Gasteiger charge is 2.31. The Balaban J connectivity index is 1.76.